The topological polar surface area (TPSA) is 46.3 Å². The first-order valence-corrected chi connectivity index (χ1v) is 5.29. The summed E-state index contributed by atoms with van der Waals surface area (Å²) in [6.45, 7) is 0.417. The summed E-state index contributed by atoms with van der Waals surface area (Å²) in [5, 5.41) is 0. The van der Waals surface area contributed by atoms with Crippen LogP contribution in [0.4, 0.5) is 0 Å². The van der Waals surface area contributed by atoms with Crippen molar-refractivity contribution in [1.82, 2.24) is 4.90 Å². The van der Waals surface area contributed by atoms with Gasteiger partial charge in [0.1, 0.15) is 0 Å². The van der Waals surface area contributed by atoms with E-state index in [2.05, 4.69) is 0 Å². The van der Waals surface area contributed by atoms with E-state index in [1.807, 2.05) is 36.2 Å². The minimum Gasteiger partial charge on any atom is -0.339 e. The summed E-state index contributed by atoms with van der Waals surface area (Å²) >= 11 is 0. The third-order valence-corrected chi connectivity index (χ3v) is 2.88. The standard InChI is InChI=1S/C12H16N2O/c1-14(10-6-7-10)12(15)11-5-3-2-4-9(11)8-13/h2-5,10H,6-8,13H2,1H3. The minimum absolute atomic E-state index is 0.0959. The van der Waals surface area contributed by atoms with Gasteiger partial charge in [0.25, 0.3) is 5.91 Å². The smallest absolute Gasteiger partial charge is 0.254 e. The highest BCUT2D eigenvalue weighted by molar-refractivity contribution is 5.95. The molecule has 1 fully saturated rings. The van der Waals surface area contributed by atoms with Crippen molar-refractivity contribution in [3.63, 3.8) is 0 Å². The molecule has 0 atom stereocenters. The molecule has 3 nitrogen and oxygen atoms in total. The Morgan fingerprint density at radius 2 is 2.13 bits per heavy atom. The summed E-state index contributed by atoms with van der Waals surface area (Å²) in [7, 11) is 1.87. The molecule has 0 spiro atoms. The maximum absolute atomic E-state index is 12.1. The number of hydrogen-bond acceptors (Lipinski definition) is 2. The molecule has 0 unspecified atom stereocenters. The van der Waals surface area contributed by atoms with Crippen LogP contribution >= 0.6 is 0 Å². The molecule has 1 saturated carbocycles. The Morgan fingerprint density at radius 3 is 2.73 bits per heavy atom. The van der Waals surface area contributed by atoms with Crippen LogP contribution in [0.2, 0.25) is 0 Å². The van der Waals surface area contributed by atoms with Gasteiger partial charge in [0.05, 0.1) is 0 Å². The van der Waals surface area contributed by atoms with Gasteiger partial charge in [-0.05, 0) is 24.5 Å². The molecule has 15 heavy (non-hydrogen) atoms. The van der Waals surface area contributed by atoms with E-state index in [0.29, 0.717) is 12.6 Å². The molecule has 80 valence electrons. The van der Waals surface area contributed by atoms with Gasteiger partial charge in [0, 0.05) is 25.2 Å². The molecule has 1 aromatic carbocycles. The van der Waals surface area contributed by atoms with Gasteiger partial charge in [0.15, 0.2) is 0 Å². The Kier molecular flexibility index (Phi) is 2.73. The predicted octanol–water partition coefficient (Wildman–Crippen LogP) is 1.38. The third-order valence-electron chi connectivity index (χ3n) is 2.88. The fourth-order valence-electron chi connectivity index (χ4n) is 1.72. The summed E-state index contributed by atoms with van der Waals surface area (Å²) in [6, 6.07) is 8.00. The van der Waals surface area contributed by atoms with E-state index in [-0.39, 0.29) is 5.91 Å². The Bertz CT molecular complexity index is 372. The molecule has 0 heterocycles. The van der Waals surface area contributed by atoms with E-state index in [1.165, 1.54) is 0 Å². The van der Waals surface area contributed by atoms with Crippen LogP contribution in [0.25, 0.3) is 0 Å². The van der Waals surface area contributed by atoms with E-state index >= 15 is 0 Å². The number of hydrogen-bond donors (Lipinski definition) is 1. The molecule has 2 rings (SSSR count). The van der Waals surface area contributed by atoms with Gasteiger partial charge in [-0.3, -0.25) is 4.79 Å². The Labute approximate surface area is 89.9 Å². The second-order valence-corrected chi connectivity index (χ2v) is 4.01. The van der Waals surface area contributed by atoms with Gasteiger partial charge in [-0.1, -0.05) is 18.2 Å². The Balaban J connectivity index is 2.23. The quantitative estimate of drug-likeness (QED) is 0.808. The lowest BCUT2D eigenvalue weighted by Crippen LogP contribution is -2.29. The molecular formula is C12H16N2O. The van der Waals surface area contributed by atoms with Crippen LogP contribution < -0.4 is 5.73 Å². The van der Waals surface area contributed by atoms with Crippen molar-refractivity contribution in [2.24, 2.45) is 5.73 Å². The van der Waals surface area contributed by atoms with Crippen molar-refractivity contribution in [3.8, 4) is 0 Å². The zero-order valence-corrected chi connectivity index (χ0v) is 8.94. The number of carbonyl (C=O) groups is 1. The number of rotatable bonds is 3. The highest BCUT2D eigenvalue weighted by Gasteiger charge is 2.30. The molecule has 1 aliphatic carbocycles. The zero-order chi connectivity index (χ0) is 10.8. The van der Waals surface area contributed by atoms with Gasteiger partial charge in [-0.2, -0.15) is 0 Å². The van der Waals surface area contributed by atoms with Crippen molar-refractivity contribution in [2.75, 3.05) is 7.05 Å². The third kappa shape index (κ3) is 2.02. The number of carbonyl (C=O) groups excluding carboxylic acids is 1. The van der Waals surface area contributed by atoms with Gasteiger partial charge < -0.3 is 10.6 Å². The van der Waals surface area contributed by atoms with Gasteiger partial charge in [0.2, 0.25) is 0 Å². The van der Waals surface area contributed by atoms with Crippen molar-refractivity contribution in [2.45, 2.75) is 25.4 Å². The monoisotopic (exact) mass is 204 g/mol. The highest BCUT2D eigenvalue weighted by Crippen LogP contribution is 2.27. The van der Waals surface area contributed by atoms with Gasteiger partial charge in [-0.25, -0.2) is 0 Å². The SMILES string of the molecule is CN(C(=O)c1ccccc1CN)C1CC1. The largest absolute Gasteiger partial charge is 0.339 e. The molecule has 1 amide bonds. The maximum atomic E-state index is 12.1. The second-order valence-electron chi connectivity index (χ2n) is 4.01. The van der Waals surface area contributed by atoms with Gasteiger partial charge in [-0.15, -0.1) is 0 Å². The highest BCUT2D eigenvalue weighted by atomic mass is 16.2. The average molecular weight is 204 g/mol. The number of nitrogens with two attached hydrogens (primary N) is 1. The predicted molar refractivity (Wildman–Crippen MR) is 59.4 cm³/mol. The first-order valence-electron chi connectivity index (χ1n) is 5.29. The summed E-state index contributed by atoms with van der Waals surface area (Å²) in [5.74, 6) is 0.0959. The lowest BCUT2D eigenvalue weighted by atomic mass is 10.1. The van der Waals surface area contributed by atoms with Crippen LogP contribution in [0.1, 0.15) is 28.8 Å². The van der Waals surface area contributed by atoms with Crippen LogP contribution in [0.15, 0.2) is 24.3 Å². The summed E-state index contributed by atoms with van der Waals surface area (Å²) in [4.78, 5) is 13.9. The minimum atomic E-state index is 0.0959. The fourth-order valence-corrected chi connectivity index (χ4v) is 1.72. The molecule has 0 saturated heterocycles. The van der Waals surface area contributed by atoms with E-state index in [4.69, 9.17) is 5.73 Å². The van der Waals surface area contributed by atoms with E-state index in [9.17, 15) is 4.79 Å². The number of benzene rings is 1. The molecule has 1 aliphatic rings. The van der Waals surface area contributed by atoms with Crippen molar-refractivity contribution in [1.29, 1.82) is 0 Å². The van der Waals surface area contributed by atoms with Gasteiger partial charge >= 0.3 is 0 Å². The maximum Gasteiger partial charge on any atom is 0.254 e. The van der Waals surface area contributed by atoms with E-state index in [0.717, 1.165) is 24.0 Å². The van der Waals surface area contributed by atoms with Crippen LogP contribution in [-0.4, -0.2) is 23.9 Å². The van der Waals surface area contributed by atoms with Crippen molar-refractivity contribution < 1.29 is 4.79 Å². The molecule has 1 aromatic rings. The molecule has 2 N–H and O–H groups in total. The summed E-state index contributed by atoms with van der Waals surface area (Å²) in [5.41, 5.74) is 7.28. The molecule has 0 radical (unpaired) electrons. The van der Waals surface area contributed by atoms with Crippen molar-refractivity contribution in [3.05, 3.63) is 35.4 Å². The average Bonchev–Trinajstić information content (AvgIpc) is 3.11. The first kappa shape index (κ1) is 10.2. The number of amides is 1. The Morgan fingerprint density at radius 1 is 1.47 bits per heavy atom. The number of nitrogens with zero attached hydrogens (tertiary/aromatic N) is 1. The Hall–Kier alpha value is -1.35. The fraction of sp³-hybridized carbons (Fsp3) is 0.417. The summed E-state index contributed by atoms with van der Waals surface area (Å²) in [6.07, 6.45) is 2.26. The van der Waals surface area contributed by atoms with Crippen LogP contribution in [0.5, 0.6) is 0 Å². The summed E-state index contributed by atoms with van der Waals surface area (Å²) < 4.78 is 0. The lowest BCUT2D eigenvalue weighted by Gasteiger charge is -2.17. The molecule has 0 aromatic heterocycles. The molecular weight excluding hydrogens is 188 g/mol. The normalized spacial score (nSPS) is 15.1. The first-order chi connectivity index (χ1) is 7.24. The van der Waals surface area contributed by atoms with Crippen LogP contribution in [0, 0.1) is 0 Å². The van der Waals surface area contributed by atoms with Crippen LogP contribution in [0.3, 0.4) is 0 Å². The molecule has 3 heteroatoms. The van der Waals surface area contributed by atoms with E-state index < -0.39 is 0 Å². The van der Waals surface area contributed by atoms with E-state index in [1.54, 1.807) is 0 Å². The van der Waals surface area contributed by atoms with Crippen LogP contribution in [-0.2, 0) is 6.54 Å². The molecule has 0 bridgehead atoms. The zero-order valence-electron chi connectivity index (χ0n) is 8.94. The molecule has 0 aliphatic heterocycles. The second kappa shape index (κ2) is 4.03. The lowest BCUT2D eigenvalue weighted by molar-refractivity contribution is 0.0784. The van der Waals surface area contributed by atoms with Crippen molar-refractivity contribution >= 4 is 5.91 Å².